The Kier molecular flexibility index (Phi) is 3.16. The van der Waals surface area contributed by atoms with E-state index < -0.39 is 0 Å². The van der Waals surface area contributed by atoms with Gasteiger partial charge < -0.3 is 29.3 Å². The summed E-state index contributed by atoms with van der Waals surface area (Å²) in [7, 11) is 3.48. The van der Waals surface area contributed by atoms with Gasteiger partial charge in [-0.1, -0.05) is 0 Å². The third-order valence-electron chi connectivity index (χ3n) is 4.23. The number of aliphatic hydroxyl groups excluding tert-OH is 1. The van der Waals surface area contributed by atoms with Crippen molar-refractivity contribution >= 4 is 22.1 Å². The van der Waals surface area contributed by atoms with Crippen molar-refractivity contribution in [3.05, 3.63) is 35.2 Å². The number of aliphatic hydroxyl groups is 1. The summed E-state index contributed by atoms with van der Waals surface area (Å²) in [4.78, 5) is 0. The van der Waals surface area contributed by atoms with Gasteiger partial charge in [-0.3, -0.25) is 0 Å². The number of phenolic OH excluding ortho intramolecular Hbond substituents is 2. The normalized spacial score (nSPS) is 11.6. The molecule has 0 saturated carbocycles. The average molecular weight is 342 g/mol. The molecule has 0 atom stereocenters. The van der Waals surface area contributed by atoms with Crippen LogP contribution in [-0.2, 0) is 6.61 Å². The molecular formula is C18H16NO6+. The zero-order valence-corrected chi connectivity index (χ0v) is 13.6. The second kappa shape index (κ2) is 5.15. The molecule has 2 aromatic rings. The molecule has 0 bridgehead atoms. The molecule has 7 nitrogen and oxygen atoms in total. The monoisotopic (exact) mass is 342 g/mol. The molecule has 4 N–H and O–H groups in total. The summed E-state index contributed by atoms with van der Waals surface area (Å²) in [5.41, 5.74) is 2.19. The van der Waals surface area contributed by atoms with Gasteiger partial charge in [-0.15, -0.1) is 0 Å². The molecule has 0 fully saturated rings. The quantitative estimate of drug-likeness (QED) is 0.311. The second-order valence-corrected chi connectivity index (χ2v) is 6.08. The maximum atomic E-state index is 10.2. The van der Waals surface area contributed by atoms with E-state index in [1.54, 1.807) is 30.8 Å². The first-order valence-corrected chi connectivity index (χ1v) is 7.58. The Morgan fingerprint density at radius 3 is 2.36 bits per heavy atom. The molecule has 1 aliphatic heterocycles. The van der Waals surface area contributed by atoms with Gasteiger partial charge in [0.25, 0.3) is 5.36 Å². The van der Waals surface area contributed by atoms with Crippen LogP contribution in [0.4, 0.5) is 0 Å². The van der Waals surface area contributed by atoms with Crippen LogP contribution in [0.25, 0.3) is 33.5 Å². The molecule has 0 spiro atoms. The Balaban J connectivity index is 2.20. The van der Waals surface area contributed by atoms with Crippen LogP contribution in [0.1, 0.15) is 5.56 Å². The predicted molar refractivity (Wildman–Crippen MR) is 90.6 cm³/mol. The average Bonchev–Trinajstić information content (AvgIpc) is 2.89. The van der Waals surface area contributed by atoms with Crippen LogP contribution in [0.15, 0.2) is 33.1 Å². The van der Waals surface area contributed by atoms with Gasteiger partial charge in [-0.25, -0.2) is 4.58 Å². The number of fused-ring (bicyclic) bond motifs is 4. The van der Waals surface area contributed by atoms with Crippen molar-refractivity contribution in [1.29, 1.82) is 0 Å². The highest BCUT2D eigenvalue weighted by Gasteiger charge is 2.23. The zero-order chi connectivity index (χ0) is 17.9. The van der Waals surface area contributed by atoms with Gasteiger partial charge in [0.05, 0.1) is 17.6 Å². The highest BCUT2D eigenvalue weighted by atomic mass is 16.4. The lowest BCUT2D eigenvalue weighted by molar-refractivity contribution is 0.275. The third-order valence-corrected chi connectivity index (χ3v) is 4.23. The van der Waals surface area contributed by atoms with Gasteiger partial charge in [0.1, 0.15) is 31.2 Å². The molecule has 1 aromatic carbocycles. The maximum absolute atomic E-state index is 10.2. The van der Waals surface area contributed by atoms with Crippen molar-refractivity contribution in [3.8, 4) is 28.6 Å². The van der Waals surface area contributed by atoms with Crippen LogP contribution < -0.4 is 9.93 Å². The molecule has 0 unspecified atom stereocenters. The Morgan fingerprint density at radius 2 is 1.68 bits per heavy atom. The minimum absolute atomic E-state index is 0.0597. The lowest BCUT2D eigenvalue weighted by atomic mass is 10.1. The summed E-state index contributed by atoms with van der Waals surface area (Å²) in [6.07, 6.45) is 0. The number of hydrogen-bond donors (Lipinski definition) is 4. The minimum Gasteiger partial charge on any atom is -0.508 e. The Morgan fingerprint density at radius 1 is 0.920 bits per heavy atom. The molecular weight excluding hydrogens is 326 g/mol. The zero-order valence-electron chi connectivity index (χ0n) is 13.6. The highest BCUT2D eigenvalue weighted by Crippen LogP contribution is 2.38. The molecule has 0 radical (unpaired) electrons. The minimum atomic E-state index is -0.315. The van der Waals surface area contributed by atoms with Crippen molar-refractivity contribution in [1.82, 2.24) is 4.58 Å². The first kappa shape index (κ1) is 15.3. The van der Waals surface area contributed by atoms with Gasteiger partial charge in [-0.2, -0.15) is 0 Å². The van der Waals surface area contributed by atoms with Crippen molar-refractivity contribution in [3.63, 3.8) is 0 Å². The lowest BCUT2D eigenvalue weighted by Crippen LogP contribution is -2.24. The number of furan rings is 1. The van der Waals surface area contributed by atoms with E-state index in [1.165, 1.54) is 12.1 Å². The van der Waals surface area contributed by atoms with Gasteiger partial charge in [0.2, 0.25) is 5.75 Å². The van der Waals surface area contributed by atoms with Crippen molar-refractivity contribution in [2.45, 2.75) is 6.61 Å². The number of rotatable bonds is 1. The van der Waals surface area contributed by atoms with E-state index in [9.17, 15) is 20.4 Å². The fourth-order valence-electron chi connectivity index (χ4n) is 3.05. The van der Waals surface area contributed by atoms with E-state index in [0.29, 0.717) is 44.4 Å². The van der Waals surface area contributed by atoms with E-state index >= 15 is 0 Å². The predicted octanol–water partition coefficient (Wildman–Crippen LogP) is 1.92. The van der Waals surface area contributed by atoms with Crippen molar-refractivity contribution in [2.75, 3.05) is 14.1 Å². The molecule has 2 aliphatic rings. The SMILES string of the molecule is C[N+](C)=c1c2cc3oc4cc(CO)c(O)cc4c3oc-2cc(O)c1O. The van der Waals surface area contributed by atoms with E-state index in [4.69, 9.17) is 8.83 Å². The summed E-state index contributed by atoms with van der Waals surface area (Å²) in [6, 6.07) is 6.05. The van der Waals surface area contributed by atoms with Crippen LogP contribution in [0.3, 0.4) is 0 Å². The number of nitrogens with zero attached hydrogens (tertiary/aromatic N) is 1. The number of benzene rings is 2. The van der Waals surface area contributed by atoms with E-state index in [-0.39, 0.29) is 23.9 Å². The first-order valence-electron chi connectivity index (χ1n) is 7.58. The van der Waals surface area contributed by atoms with Crippen molar-refractivity contribution in [2.24, 2.45) is 0 Å². The van der Waals surface area contributed by atoms with Gasteiger partial charge in [0, 0.05) is 17.7 Å². The van der Waals surface area contributed by atoms with Gasteiger partial charge in [-0.05, 0) is 12.1 Å². The number of phenols is 3. The molecule has 1 aliphatic carbocycles. The molecule has 7 heteroatoms. The summed E-state index contributed by atoms with van der Waals surface area (Å²) < 4.78 is 13.3. The maximum Gasteiger partial charge on any atom is 0.256 e. The summed E-state index contributed by atoms with van der Waals surface area (Å²) in [6.45, 7) is -0.315. The van der Waals surface area contributed by atoms with E-state index in [1.807, 2.05) is 0 Å². The standard InChI is InChI=1S/C18H15NO6/c1-19(2)16-9-5-15-18(25-14(9)6-12(22)17(16)23)10-4-11(21)8(7-20)3-13(10)24-15/h3-6,20-21,23H,7H2,1-2H3/p+1. The topological polar surface area (TPSA) is 110 Å². The molecule has 0 amide bonds. The summed E-state index contributed by atoms with van der Waals surface area (Å²) >= 11 is 0. The Labute approximate surface area is 141 Å². The summed E-state index contributed by atoms with van der Waals surface area (Å²) in [5, 5.41) is 40.3. The molecule has 2 heterocycles. The lowest BCUT2D eigenvalue weighted by Gasteiger charge is -2.06. The Bertz CT molecular complexity index is 1180. The largest absolute Gasteiger partial charge is 0.508 e. The third kappa shape index (κ3) is 2.13. The number of aromatic hydroxyl groups is 3. The fraction of sp³-hybridized carbons (Fsp3) is 0.167. The van der Waals surface area contributed by atoms with Crippen LogP contribution in [-0.4, -0.2) is 34.5 Å². The fourth-order valence-corrected chi connectivity index (χ4v) is 3.05. The van der Waals surface area contributed by atoms with Crippen LogP contribution in [0.5, 0.6) is 17.2 Å². The smallest absolute Gasteiger partial charge is 0.256 e. The van der Waals surface area contributed by atoms with E-state index in [0.717, 1.165) is 0 Å². The van der Waals surface area contributed by atoms with Gasteiger partial charge in [0.15, 0.2) is 16.9 Å². The van der Waals surface area contributed by atoms with Gasteiger partial charge >= 0.3 is 0 Å². The molecule has 128 valence electrons. The van der Waals surface area contributed by atoms with Crippen molar-refractivity contribution < 1.29 is 29.3 Å². The van der Waals surface area contributed by atoms with Crippen LogP contribution in [0, 0.1) is 0 Å². The summed E-state index contributed by atoms with van der Waals surface area (Å²) in [5.74, 6) is -0.239. The molecule has 25 heavy (non-hydrogen) atoms. The molecule has 4 rings (SSSR count). The first-order chi connectivity index (χ1) is 11.9. The number of hydrogen-bond acceptors (Lipinski definition) is 6. The Hall–Kier alpha value is -3.19. The molecule has 1 aromatic heterocycles. The second-order valence-electron chi connectivity index (χ2n) is 6.08. The van der Waals surface area contributed by atoms with E-state index in [2.05, 4.69) is 0 Å². The highest BCUT2D eigenvalue weighted by molar-refractivity contribution is 6.03. The molecule has 0 saturated heterocycles. The van der Waals surface area contributed by atoms with Crippen LogP contribution >= 0.6 is 0 Å². The van der Waals surface area contributed by atoms with Crippen LogP contribution in [0.2, 0.25) is 0 Å².